The highest BCUT2D eigenvalue weighted by Gasteiger charge is 2.07. The van der Waals surface area contributed by atoms with Crippen molar-refractivity contribution in [2.45, 2.75) is 13.0 Å². The van der Waals surface area contributed by atoms with Gasteiger partial charge in [-0.1, -0.05) is 12.1 Å². The van der Waals surface area contributed by atoms with E-state index < -0.39 is 0 Å². The predicted octanol–water partition coefficient (Wildman–Crippen LogP) is 1.41. The first-order valence-corrected chi connectivity index (χ1v) is 4.59. The van der Waals surface area contributed by atoms with Crippen molar-refractivity contribution < 1.29 is 4.79 Å². The first-order valence-electron chi connectivity index (χ1n) is 4.59. The molecule has 1 aromatic rings. The third-order valence-electron chi connectivity index (χ3n) is 2.09. The Bertz CT molecular complexity index is 315. The second kappa shape index (κ2) is 4.24. The van der Waals surface area contributed by atoms with Gasteiger partial charge in [0.25, 0.3) is 5.91 Å². The average Bonchev–Trinajstić information content (AvgIpc) is 2.16. The zero-order chi connectivity index (χ0) is 10.7. The van der Waals surface area contributed by atoms with Crippen LogP contribution in [-0.2, 0) is 0 Å². The highest BCUT2D eigenvalue weighted by atomic mass is 16.2. The molecule has 0 saturated heterocycles. The maximum atomic E-state index is 11.5. The van der Waals surface area contributed by atoms with Gasteiger partial charge >= 0.3 is 0 Å². The summed E-state index contributed by atoms with van der Waals surface area (Å²) < 4.78 is 0. The molecular weight excluding hydrogens is 176 g/mol. The maximum absolute atomic E-state index is 11.5. The molecule has 14 heavy (non-hydrogen) atoms. The SMILES string of the molecule is C[C@@H](N)c1ccc(C(=O)N(C)C)cc1. The Kier molecular flexibility index (Phi) is 3.25. The lowest BCUT2D eigenvalue weighted by Crippen LogP contribution is -2.21. The zero-order valence-electron chi connectivity index (χ0n) is 8.82. The van der Waals surface area contributed by atoms with Crippen LogP contribution in [-0.4, -0.2) is 24.9 Å². The van der Waals surface area contributed by atoms with E-state index >= 15 is 0 Å². The highest BCUT2D eigenvalue weighted by Crippen LogP contribution is 2.11. The van der Waals surface area contributed by atoms with Crippen molar-refractivity contribution in [3.8, 4) is 0 Å². The summed E-state index contributed by atoms with van der Waals surface area (Å²) in [5.41, 5.74) is 7.44. The van der Waals surface area contributed by atoms with Crippen molar-refractivity contribution in [2.75, 3.05) is 14.1 Å². The number of hydrogen-bond donors (Lipinski definition) is 1. The molecule has 1 amide bonds. The van der Waals surface area contributed by atoms with E-state index in [1.807, 2.05) is 19.1 Å². The third-order valence-corrected chi connectivity index (χ3v) is 2.09. The second-order valence-electron chi connectivity index (χ2n) is 3.61. The molecule has 0 spiro atoms. The molecule has 3 nitrogen and oxygen atoms in total. The van der Waals surface area contributed by atoms with E-state index in [-0.39, 0.29) is 11.9 Å². The van der Waals surface area contributed by atoms with Crippen LogP contribution in [0.3, 0.4) is 0 Å². The Balaban J connectivity index is 2.89. The normalized spacial score (nSPS) is 12.3. The largest absolute Gasteiger partial charge is 0.345 e. The third kappa shape index (κ3) is 2.33. The van der Waals surface area contributed by atoms with Crippen LogP contribution in [0.5, 0.6) is 0 Å². The molecule has 0 fully saturated rings. The molecule has 2 N–H and O–H groups in total. The van der Waals surface area contributed by atoms with Gasteiger partial charge in [0.15, 0.2) is 0 Å². The molecule has 1 aromatic carbocycles. The van der Waals surface area contributed by atoms with Crippen molar-refractivity contribution >= 4 is 5.91 Å². The van der Waals surface area contributed by atoms with Gasteiger partial charge in [-0.15, -0.1) is 0 Å². The van der Waals surface area contributed by atoms with Crippen molar-refractivity contribution in [1.29, 1.82) is 0 Å². The molecule has 1 rings (SSSR count). The molecule has 1 atom stereocenters. The van der Waals surface area contributed by atoms with E-state index in [4.69, 9.17) is 5.73 Å². The molecule has 0 aliphatic rings. The summed E-state index contributed by atoms with van der Waals surface area (Å²) in [7, 11) is 3.48. The maximum Gasteiger partial charge on any atom is 0.253 e. The molecule has 0 saturated carbocycles. The Hall–Kier alpha value is -1.35. The summed E-state index contributed by atoms with van der Waals surface area (Å²) in [5.74, 6) is 0.0150. The lowest BCUT2D eigenvalue weighted by molar-refractivity contribution is 0.0827. The second-order valence-corrected chi connectivity index (χ2v) is 3.61. The highest BCUT2D eigenvalue weighted by molar-refractivity contribution is 5.93. The minimum Gasteiger partial charge on any atom is -0.345 e. The van der Waals surface area contributed by atoms with Gasteiger partial charge in [-0.25, -0.2) is 0 Å². The number of carbonyl (C=O) groups is 1. The molecule has 0 heterocycles. The van der Waals surface area contributed by atoms with Crippen LogP contribution in [0.1, 0.15) is 28.9 Å². The summed E-state index contributed by atoms with van der Waals surface area (Å²) in [6.45, 7) is 1.92. The summed E-state index contributed by atoms with van der Waals surface area (Å²) in [6, 6.07) is 7.41. The van der Waals surface area contributed by atoms with Gasteiger partial charge in [-0.3, -0.25) is 4.79 Å². The van der Waals surface area contributed by atoms with Gasteiger partial charge in [-0.2, -0.15) is 0 Å². The number of rotatable bonds is 2. The van der Waals surface area contributed by atoms with Crippen LogP contribution in [0.2, 0.25) is 0 Å². The number of nitrogens with zero attached hydrogens (tertiary/aromatic N) is 1. The van der Waals surface area contributed by atoms with Crippen LogP contribution in [0.4, 0.5) is 0 Å². The minimum atomic E-state index is 0.0125. The lowest BCUT2D eigenvalue weighted by Gasteiger charge is -2.11. The number of amides is 1. The fraction of sp³-hybridized carbons (Fsp3) is 0.364. The predicted molar refractivity (Wildman–Crippen MR) is 57.1 cm³/mol. The van der Waals surface area contributed by atoms with Crippen LogP contribution in [0.25, 0.3) is 0 Å². The van der Waals surface area contributed by atoms with E-state index in [1.165, 1.54) is 0 Å². The fourth-order valence-electron chi connectivity index (χ4n) is 1.19. The summed E-state index contributed by atoms with van der Waals surface area (Å²) in [6.07, 6.45) is 0. The van der Waals surface area contributed by atoms with E-state index in [1.54, 1.807) is 31.1 Å². The van der Waals surface area contributed by atoms with Crippen LogP contribution in [0, 0.1) is 0 Å². The van der Waals surface area contributed by atoms with Gasteiger partial charge in [-0.05, 0) is 24.6 Å². The lowest BCUT2D eigenvalue weighted by atomic mass is 10.1. The van der Waals surface area contributed by atoms with Crippen molar-refractivity contribution in [2.24, 2.45) is 5.73 Å². The van der Waals surface area contributed by atoms with Crippen LogP contribution >= 0.6 is 0 Å². The summed E-state index contributed by atoms with van der Waals surface area (Å²) >= 11 is 0. The molecule has 0 aliphatic heterocycles. The molecule has 0 bridgehead atoms. The Morgan fingerprint density at radius 1 is 1.29 bits per heavy atom. The summed E-state index contributed by atoms with van der Waals surface area (Å²) in [5, 5.41) is 0. The van der Waals surface area contributed by atoms with Crippen molar-refractivity contribution in [3.63, 3.8) is 0 Å². The molecule has 76 valence electrons. The summed E-state index contributed by atoms with van der Waals surface area (Å²) in [4.78, 5) is 13.1. The first kappa shape index (κ1) is 10.7. The minimum absolute atomic E-state index is 0.0125. The molecule has 3 heteroatoms. The van der Waals surface area contributed by atoms with Crippen LogP contribution < -0.4 is 5.73 Å². The van der Waals surface area contributed by atoms with Gasteiger partial charge < -0.3 is 10.6 Å². The van der Waals surface area contributed by atoms with Crippen molar-refractivity contribution in [1.82, 2.24) is 4.90 Å². The molecule has 0 radical (unpaired) electrons. The molecule has 0 aliphatic carbocycles. The van der Waals surface area contributed by atoms with Crippen molar-refractivity contribution in [3.05, 3.63) is 35.4 Å². The van der Waals surface area contributed by atoms with E-state index in [9.17, 15) is 4.79 Å². The molecular formula is C11H16N2O. The quantitative estimate of drug-likeness (QED) is 0.770. The van der Waals surface area contributed by atoms with Crippen LogP contribution in [0.15, 0.2) is 24.3 Å². The van der Waals surface area contributed by atoms with Gasteiger partial charge in [0.05, 0.1) is 0 Å². The van der Waals surface area contributed by atoms with Gasteiger partial charge in [0, 0.05) is 25.7 Å². The fourth-order valence-corrected chi connectivity index (χ4v) is 1.19. The Morgan fingerprint density at radius 2 is 1.79 bits per heavy atom. The Morgan fingerprint density at radius 3 is 2.14 bits per heavy atom. The monoisotopic (exact) mass is 192 g/mol. The van der Waals surface area contributed by atoms with E-state index in [0.717, 1.165) is 5.56 Å². The van der Waals surface area contributed by atoms with E-state index in [0.29, 0.717) is 5.56 Å². The number of carbonyl (C=O) groups excluding carboxylic acids is 1. The molecule has 0 aromatic heterocycles. The number of benzene rings is 1. The number of hydrogen-bond acceptors (Lipinski definition) is 2. The average molecular weight is 192 g/mol. The standard InChI is InChI=1S/C11H16N2O/c1-8(12)9-4-6-10(7-5-9)11(14)13(2)3/h4-8H,12H2,1-3H3/t8-/m1/s1. The first-order chi connectivity index (χ1) is 6.52. The Labute approximate surface area is 84.5 Å². The molecule has 0 unspecified atom stereocenters. The van der Waals surface area contributed by atoms with Gasteiger partial charge in [0.1, 0.15) is 0 Å². The van der Waals surface area contributed by atoms with Gasteiger partial charge in [0.2, 0.25) is 0 Å². The topological polar surface area (TPSA) is 46.3 Å². The zero-order valence-corrected chi connectivity index (χ0v) is 8.82. The van der Waals surface area contributed by atoms with E-state index in [2.05, 4.69) is 0 Å². The number of nitrogens with two attached hydrogens (primary N) is 1. The smallest absolute Gasteiger partial charge is 0.253 e.